The molecule has 6 rings (SSSR count). The molecule has 0 aromatic heterocycles. The van der Waals surface area contributed by atoms with Gasteiger partial charge in [-0.05, 0) is 88.0 Å². The van der Waals surface area contributed by atoms with E-state index in [-0.39, 0.29) is 28.6 Å². The van der Waals surface area contributed by atoms with Crippen molar-refractivity contribution >= 4 is 50.6 Å². The first kappa shape index (κ1) is 40.7. The van der Waals surface area contributed by atoms with Crippen molar-refractivity contribution in [2.75, 3.05) is 0 Å². The number of rotatable bonds is 8. The minimum atomic E-state index is -4.59. The van der Waals surface area contributed by atoms with Crippen LogP contribution in [0.3, 0.4) is 0 Å². The summed E-state index contributed by atoms with van der Waals surface area (Å²) in [5.74, 6) is 0.669. The van der Waals surface area contributed by atoms with Crippen LogP contribution in [0.1, 0.15) is 34.2 Å². The van der Waals surface area contributed by atoms with Crippen LogP contribution in [0.15, 0.2) is 162 Å². The second kappa shape index (κ2) is 18.6. The molecule has 1 atom stereocenters. The van der Waals surface area contributed by atoms with Crippen LogP contribution in [-0.2, 0) is 20.2 Å². The third kappa shape index (κ3) is 13.2. The Hall–Kier alpha value is -6.02. The van der Waals surface area contributed by atoms with Gasteiger partial charge in [0, 0.05) is 6.42 Å². The van der Waals surface area contributed by atoms with Crippen molar-refractivity contribution in [1.82, 2.24) is 0 Å². The zero-order valence-corrected chi connectivity index (χ0v) is 30.3. The Morgan fingerprint density at radius 3 is 1.48 bits per heavy atom. The molecule has 6 N–H and O–H groups in total. The van der Waals surface area contributed by atoms with Crippen LogP contribution in [0.2, 0.25) is 0 Å². The van der Waals surface area contributed by atoms with E-state index >= 15 is 0 Å². The summed E-state index contributed by atoms with van der Waals surface area (Å²) in [6.07, 6.45) is 14.8. The highest BCUT2D eigenvalue weighted by Gasteiger charge is 2.38. The van der Waals surface area contributed by atoms with Crippen molar-refractivity contribution in [1.29, 1.82) is 0 Å². The molecule has 0 aliphatic heterocycles. The predicted octanol–water partition coefficient (Wildman–Crippen LogP) is 8.24. The Morgan fingerprint density at radius 1 is 0.500 bits per heavy atom. The lowest BCUT2D eigenvalue weighted by molar-refractivity contribution is 0.162. The summed E-state index contributed by atoms with van der Waals surface area (Å²) in [6.45, 7) is 0. The smallest absolute Gasteiger partial charge is 0.299 e. The van der Waals surface area contributed by atoms with Gasteiger partial charge in [-0.15, -0.1) is 0 Å². The summed E-state index contributed by atoms with van der Waals surface area (Å²) in [5, 5.41) is 37.4. The first-order chi connectivity index (χ1) is 25.6. The van der Waals surface area contributed by atoms with Crippen molar-refractivity contribution in [3.05, 3.63) is 185 Å². The number of phenols is 3. The molecule has 1 aliphatic carbocycles. The lowest BCUT2D eigenvalue weighted by atomic mass is 10.0. The molecule has 0 spiro atoms. The van der Waals surface area contributed by atoms with E-state index in [2.05, 4.69) is 0 Å². The number of benzene rings is 5. The fourth-order valence-electron chi connectivity index (χ4n) is 4.73. The van der Waals surface area contributed by atoms with Crippen LogP contribution in [0.4, 0.5) is 0 Å². The van der Waals surface area contributed by atoms with E-state index in [1.807, 2.05) is 66.8 Å². The molecule has 12 heteroatoms. The van der Waals surface area contributed by atoms with Crippen LogP contribution < -0.4 is 0 Å². The van der Waals surface area contributed by atoms with E-state index < -0.39 is 25.2 Å². The van der Waals surface area contributed by atoms with Crippen LogP contribution >= 0.6 is 0 Å². The molecule has 54 heavy (non-hydrogen) atoms. The summed E-state index contributed by atoms with van der Waals surface area (Å²) >= 11 is 0. The number of hydrogen-bond donors (Lipinski definition) is 6. The molecule has 0 amide bonds. The molecule has 1 aliphatic rings. The summed E-state index contributed by atoms with van der Waals surface area (Å²) < 4.78 is 62.2. The average Bonchev–Trinajstić information content (AvgIpc) is 3.14. The Bertz CT molecular complexity index is 2380. The third-order valence-corrected chi connectivity index (χ3v) is 9.60. The van der Waals surface area contributed by atoms with Gasteiger partial charge < -0.3 is 20.4 Å². The Balaban J connectivity index is 0.000000182. The minimum Gasteiger partial charge on any atom is -0.508 e. The molecular weight excluding hydrogens is 729 g/mol. The number of hydrogen-bond acceptors (Lipinski definition) is 8. The highest BCUT2D eigenvalue weighted by Crippen LogP contribution is 2.27. The van der Waals surface area contributed by atoms with Crippen LogP contribution in [0, 0.1) is 0 Å². The summed E-state index contributed by atoms with van der Waals surface area (Å²) in [4.78, 5) is -2.38. The Labute approximate surface area is 314 Å². The molecule has 1 unspecified atom stereocenters. The molecule has 10 nitrogen and oxygen atoms in total. The molecule has 0 saturated carbocycles. The van der Waals surface area contributed by atoms with E-state index in [9.17, 15) is 27.0 Å². The lowest BCUT2D eigenvalue weighted by Gasteiger charge is -2.22. The molecular formula is C42H38O10S2. The molecule has 0 saturated heterocycles. The summed E-state index contributed by atoms with van der Waals surface area (Å²) in [6, 6.07) is 36.2. The molecule has 0 radical (unpaired) electrons. The number of phenolic OH excluding ortho intramolecular Hbond substituents is 3. The van der Waals surface area contributed by atoms with Crippen molar-refractivity contribution in [3.8, 4) is 17.2 Å². The molecule has 0 bridgehead atoms. The largest absolute Gasteiger partial charge is 0.508 e. The quantitative estimate of drug-likeness (QED) is 0.0663. The zero-order chi connectivity index (χ0) is 39.2. The fraction of sp³-hybridized carbons (Fsp3) is 0.0476. The van der Waals surface area contributed by atoms with E-state index in [0.29, 0.717) is 11.1 Å². The van der Waals surface area contributed by atoms with Gasteiger partial charge in [-0.25, -0.2) is 0 Å². The fourth-order valence-corrected chi connectivity index (χ4v) is 5.86. The van der Waals surface area contributed by atoms with Gasteiger partial charge in [0.1, 0.15) is 17.2 Å². The summed E-state index contributed by atoms with van der Waals surface area (Å²) in [7, 11) is -8.73. The van der Waals surface area contributed by atoms with Crippen molar-refractivity contribution < 1.29 is 46.4 Å². The first-order valence-corrected chi connectivity index (χ1v) is 19.1. The second-order valence-electron chi connectivity index (χ2n) is 11.8. The summed E-state index contributed by atoms with van der Waals surface area (Å²) in [5.41, 5.74) is 4.94. The van der Waals surface area contributed by atoms with Crippen molar-refractivity contribution in [3.63, 3.8) is 0 Å². The monoisotopic (exact) mass is 766 g/mol. The van der Waals surface area contributed by atoms with Gasteiger partial charge >= 0.3 is 0 Å². The van der Waals surface area contributed by atoms with Crippen LogP contribution in [0.5, 0.6) is 17.2 Å². The molecule has 0 fully saturated rings. The predicted molar refractivity (Wildman–Crippen MR) is 212 cm³/mol. The SMILES string of the molecule is O=S(=O)(O)C1(O)C=C(C=Cc2ccc(O)cc2)C=CC1.O=S(=O)(O)c1cccc(C=Cc2ccccc2)c1.Oc1ccc(C=Cc2cccc(O)c2)cc1. The lowest BCUT2D eigenvalue weighted by Crippen LogP contribution is -2.36. The molecule has 5 aromatic carbocycles. The Kier molecular flexibility index (Phi) is 14.1. The molecule has 5 aromatic rings. The topological polar surface area (TPSA) is 190 Å². The van der Waals surface area contributed by atoms with Gasteiger partial charge in [0.2, 0.25) is 4.93 Å². The van der Waals surface area contributed by atoms with E-state index in [0.717, 1.165) is 28.3 Å². The maximum absolute atomic E-state index is 11.1. The number of aromatic hydroxyl groups is 3. The van der Waals surface area contributed by atoms with Crippen molar-refractivity contribution in [2.24, 2.45) is 0 Å². The van der Waals surface area contributed by atoms with Crippen LogP contribution in [-0.4, -0.2) is 51.3 Å². The highest BCUT2D eigenvalue weighted by atomic mass is 32.2. The Morgan fingerprint density at radius 2 is 0.963 bits per heavy atom. The number of allylic oxidation sites excluding steroid dienone is 3. The normalized spacial score (nSPS) is 15.6. The average molecular weight is 767 g/mol. The zero-order valence-electron chi connectivity index (χ0n) is 28.7. The standard InChI is InChI=1S/C14H14O5S.C14H12O3S.C14H12O2/c15-13-7-5-11(6-8-13)3-4-12-2-1-9-14(16,10-12)20(17,18)19;15-18(16,17)14-8-4-7-13(11-14)10-9-12-5-2-1-3-6-12;15-13-8-6-11(7-9-13)4-5-12-2-1-3-14(16)10-12/h1-8,10,15-16H,9H2,(H,17,18,19);1-11H,(H,15,16,17);1-10,15-16H. The van der Waals surface area contributed by atoms with Crippen molar-refractivity contribution in [2.45, 2.75) is 16.2 Å². The van der Waals surface area contributed by atoms with E-state index in [1.165, 1.54) is 30.3 Å². The minimum absolute atomic E-state index is 0.0993. The number of aliphatic hydroxyl groups is 1. The second-order valence-corrected chi connectivity index (χ2v) is 14.9. The van der Waals surface area contributed by atoms with E-state index in [4.69, 9.17) is 19.3 Å². The molecule has 278 valence electrons. The van der Waals surface area contributed by atoms with Gasteiger partial charge in [-0.3, -0.25) is 9.11 Å². The highest BCUT2D eigenvalue weighted by molar-refractivity contribution is 7.87. The van der Waals surface area contributed by atoms with Gasteiger partial charge in [0.25, 0.3) is 20.2 Å². The van der Waals surface area contributed by atoms with Gasteiger partial charge in [0.05, 0.1) is 4.90 Å². The maximum atomic E-state index is 11.1. The third-order valence-electron chi connectivity index (χ3n) is 7.58. The molecule has 0 heterocycles. The first-order valence-electron chi connectivity index (χ1n) is 16.2. The van der Waals surface area contributed by atoms with Gasteiger partial charge in [-0.2, -0.15) is 16.8 Å². The van der Waals surface area contributed by atoms with Crippen LogP contribution in [0.25, 0.3) is 30.4 Å². The maximum Gasteiger partial charge on any atom is 0.299 e. The van der Waals surface area contributed by atoms with Gasteiger partial charge in [0.15, 0.2) is 0 Å². The van der Waals surface area contributed by atoms with E-state index in [1.54, 1.807) is 78.9 Å². The van der Waals surface area contributed by atoms with Gasteiger partial charge in [-0.1, -0.05) is 127 Å².